The van der Waals surface area contributed by atoms with Crippen LogP contribution in [0.1, 0.15) is 28.4 Å². The third-order valence-electron chi connectivity index (χ3n) is 2.48. The highest BCUT2D eigenvalue weighted by Gasteiger charge is 2.22. The van der Waals surface area contributed by atoms with E-state index in [9.17, 15) is 4.79 Å². The summed E-state index contributed by atoms with van der Waals surface area (Å²) in [6.45, 7) is 1.85. The molecule has 0 spiro atoms. The van der Waals surface area contributed by atoms with Crippen molar-refractivity contribution in [1.82, 2.24) is 10.3 Å². The normalized spacial score (nSPS) is 22.0. The van der Waals surface area contributed by atoms with Gasteiger partial charge in [0.25, 0.3) is 0 Å². The van der Waals surface area contributed by atoms with Crippen LogP contribution in [0.25, 0.3) is 0 Å². The fourth-order valence-electron chi connectivity index (χ4n) is 1.81. The molecule has 0 amide bonds. The third kappa shape index (κ3) is 1.45. The zero-order valence-corrected chi connectivity index (χ0v) is 7.21. The summed E-state index contributed by atoms with van der Waals surface area (Å²) in [5.74, 6) is -0.510. The van der Waals surface area contributed by atoms with Gasteiger partial charge in [0.2, 0.25) is 0 Å². The maximum atomic E-state index is 10.8. The Morgan fingerprint density at radius 1 is 1.62 bits per heavy atom. The Kier molecular flexibility index (Phi) is 2.06. The van der Waals surface area contributed by atoms with Gasteiger partial charge in [0.15, 0.2) is 0 Å². The molecule has 0 bridgehead atoms. The summed E-state index contributed by atoms with van der Waals surface area (Å²) in [4.78, 5) is 13.8. The molecule has 2 rings (SSSR count). The van der Waals surface area contributed by atoms with Crippen molar-refractivity contribution in [1.29, 1.82) is 0 Å². The summed E-state index contributed by atoms with van der Waals surface area (Å²) in [5, 5.41) is 12.1. The summed E-state index contributed by atoms with van der Waals surface area (Å²) in [6.07, 6.45) is 2.71. The number of carboxylic acid groups (broad SMARTS) is 1. The number of aromatic nitrogens is 1. The molecule has 1 atom stereocenters. The highest BCUT2D eigenvalue weighted by molar-refractivity contribution is 5.89. The van der Waals surface area contributed by atoms with Crippen LogP contribution in [0.3, 0.4) is 0 Å². The van der Waals surface area contributed by atoms with E-state index in [2.05, 4.69) is 10.3 Å². The van der Waals surface area contributed by atoms with E-state index < -0.39 is 5.97 Å². The van der Waals surface area contributed by atoms with Gasteiger partial charge in [-0.15, -0.1) is 0 Å². The second-order valence-electron chi connectivity index (χ2n) is 3.30. The Morgan fingerprint density at radius 3 is 3.08 bits per heavy atom. The van der Waals surface area contributed by atoms with E-state index in [1.807, 2.05) is 0 Å². The number of aromatic carboxylic acids is 1. The average molecular weight is 180 g/mol. The number of hydrogen-bond acceptors (Lipinski definition) is 2. The van der Waals surface area contributed by atoms with Crippen LogP contribution in [-0.4, -0.2) is 29.1 Å². The molecule has 0 aliphatic carbocycles. The largest absolute Gasteiger partial charge is 0.478 e. The summed E-state index contributed by atoms with van der Waals surface area (Å²) in [6, 6.07) is 1.62. The van der Waals surface area contributed by atoms with Crippen molar-refractivity contribution in [3.63, 3.8) is 0 Å². The summed E-state index contributed by atoms with van der Waals surface area (Å²) in [5.41, 5.74) is 1.27. The van der Waals surface area contributed by atoms with Gasteiger partial charge in [0.1, 0.15) is 0 Å². The Labute approximate surface area is 76.0 Å². The molecule has 3 N–H and O–H groups in total. The van der Waals surface area contributed by atoms with Crippen molar-refractivity contribution in [2.75, 3.05) is 13.1 Å². The quantitative estimate of drug-likeness (QED) is 0.630. The van der Waals surface area contributed by atoms with Crippen molar-refractivity contribution in [3.8, 4) is 0 Å². The van der Waals surface area contributed by atoms with E-state index in [4.69, 9.17) is 5.11 Å². The van der Waals surface area contributed by atoms with Crippen molar-refractivity contribution < 1.29 is 9.90 Å². The number of hydrogen-bond donors (Lipinski definition) is 3. The molecule has 4 heteroatoms. The molecular weight excluding hydrogens is 168 g/mol. The van der Waals surface area contributed by atoms with Crippen molar-refractivity contribution in [2.45, 2.75) is 12.3 Å². The molecule has 1 aliphatic rings. The topological polar surface area (TPSA) is 65.1 Å². The lowest BCUT2D eigenvalue weighted by molar-refractivity contribution is 0.0695. The predicted octanol–water partition coefficient (Wildman–Crippen LogP) is 0.790. The predicted molar refractivity (Wildman–Crippen MR) is 48.0 cm³/mol. The molecular formula is C9H12N2O2. The fraction of sp³-hybridized carbons (Fsp3) is 0.444. The van der Waals surface area contributed by atoms with Crippen LogP contribution in [0, 0.1) is 0 Å². The average Bonchev–Trinajstić information content (AvgIpc) is 2.74. The second-order valence-corrected chi connectivity index (χ2v) is 3.30. The van der Waals surface area contributed by atoms with Crippen LogP contribution in [0.5, 0.6) is 0 Å². The van der Waals surface area contributed by atoms with Gasteiger partial charge in [-0.1, -0.05) is 0 Å². The monoisotopic (exact) mass is 180 g/mol. The smallest absolute Gasteiger partial charge is 0.337 e. The van der Waals surface area contributed by atoms with Crippen LogP contribution in [0.4, 0.5) is 0 Å². The molecule has 1 aromatic rings. The number of H-pyrrole nitrogens is 1. The van der Waals surface area contributed by atoms with E-state index in [1.165, 1.54) is 0 Å². The Morgan fingerprint density at radius 2 is 2.46 bits per heavy atom. The summed E-state index contributed by atoms with van der Waals surface area (Å²) < 4.78 is 0. The molecule has 0 aromatic carbocycles. The first-order chi connectivity index (χ1) is 6.29. The number of carboxylic acids is 1. The van der Waals surface area contributed by atoms with Gasteiger partial charge in [-0.25, -0.2) is 4.79 Å². The number of rotatable bonds is 2. The molecule has 13 heavy (non-hydrogen) atoms. The lowest BCUT2D eigenvalue weighted by Gasteiger charge is -2.06. The van der Waals surface area contributed by atoms with Crippen molar-refractivity contribution in [3.05, 3.63) is 23.5 Å². The highest BCUT2D eigenvalue weighted by Crippen LogP contribution is 2.23. The molecule has 0 radical (unpaired) electrons. The molecule has 1 unspecified atom stereocenters. The van der Waals surface area contributed by atoms with E-state index >= 15 is 0 Å². The van der Waals surface area contributed by atoms with Gasteiger partial charge in [-0.3, -0.25) is 0 Å². The molecule has 0 saturated carbocycles. The molecule has 1 aromatic heterocycles. The zero-order chi connectivity index (χ0) is 9.26. The van der Waals surface area contributed by atoms with Gasteiger partial charge < -0.3 is 15.4 Å². The summed E-state index contributed by atoms with van der Waals surface area (Å²) >= 11 is 0. The second kappa shape index (κ2) is 3.22. The first-order valence-electron chi connectivity index (χ1n) is 4.40. The SMILES string of the molecule is O=C(O)c1cc[nH]c1C1CCNC1. The molecule has 1 saturated heterocycles. The number of carbonyl (C=O) groups is 1. The Hall–Kier alpha value is -1.29. The van der Waals surface area contributed by atoms with Gasteiger partial charge in [-0.2, -0.15) is 0 Å². The van der Waals surface area contributed by atoms with Gasteiger partial charge >= 0.3 is 5.97 Å². The van der Waals surface area contributed by atoms with Crippen LogP contribution in [0.2, 0.25) is 0 Å². The molecule has 4 nitrogen and oxygen atoms in total. The van der Waals surface area contributed by atoms with Crippen LogP contribution in [-0.2, 0) is 0 Å². The maximum Gasteiger partial charge on any atom is 0.337 e. The third-order valence-corrected chi connectivity index (χ3v) is 2.48. The molecule has 1 fully saturated rings. The zero-order valence-electron chi connectivity index (χ0n) is 7.21. The molecule has 1 aliphatic heterocycles. The lowest BCUT2D eigenvalue weighted by atomic mass is 10.0. The van der Waals surface area contributed by atoms with Crippen molar-refractivity contribution >= 4 is 5.97 Å². The van der Waals surface area contributed by atoms with Gasteiger partial charge in [0, 0.05) is 24.4 Å². The van der Waals surface area contributed by atoms with Crippen molar-refractivity contribution in [2.24, 2.45) is 0 Å². The van der Waals surface area contributed by atoms with Gasteiger partial charge in [0.05, 0.1) is 5.56 Å². The molecule has 70 valence electrons. The fourth-order valence-corrected chi connectivity index (χ4v) is 1.81. The van der Waals surface area contributed by atoms with Crippen LogP contribution in [0.15, 0.2) is 12.3 Å². The lowest BCUT2D eigenvalue weighted by Crippen LogP contribution is -2.10. The van der Waals surface area contributed by atoms with E-state index in [1.54, 1.807) is 12.3 Å². The van der Waals surface area contributed by atoms with Gasteiger partial charge in [-0.05, 0) is 19.0 Å². The minimum atomic E-state index is -0.844. The standard InChI is InChI=1S/C9H12N2O2/c12-9(13)7-2-4-11-8(7)6-1-3-10-5-6/h2,4,6,10-11H,1,3,5H2,(H,12,13). The molecule has 2 heterocycles. The van der Waals surface area contributed by atoms with E-state index in [0.717, 1.165) is 25.2 Å². The number of nitrogens with one attached hydrogen (secondary N) is 2. The van der Waals surface area contributed by atoms with Crippen LogP contribution >= 0.6 is 0 Å². The van der Waals surface area contributed by atoms with E-state index in [-0.39, 0.29) is 0 Å². The summed E-state index contributed by atoms with van der Waals surface area (Å²) in [7, 11) is 0. The highest BCUT2D eigenvalue weighted by atomic mass is 16.4. The maximum absolute atomic E-state index is 10.8. The van der Waals surface area contributed by atoms with E-state index in [0.29, 0.717) is 11.5 Å². The number of aromatic amines is 1. The first-order valence-corrected chi connectivity index (χ1v) is 4.40. The minimum absolute atomic E-state index is 0.334. The Bertz CT molecular complexity index is 313. The minimum Gasteiger partial charge on any atom is -0.478 e. The Balaban J connectivity index is 2.28. The van der Waals surface area contributed by atoms with Crippen LogP contribution < -0.4 is 5.32 Å². The first kappa shape index (κ1) is 8.31.